The number of carbonyl (C=O) groups is 3. The Bertz CT molecular complexity index is 386. The summed E-state index contributed by atoms with van der Waals surface area (Å²) in [7, 11) is 0. The number of carboxylic acids is 1. The molecule has 0 aliphatic heterocycles. The zero-order valence-corrected chi connectivity index (χ0v) is 11.2. The molecule has 0 aromatic rings. The number of nitrogens with one attached hydrogen (secondary N) is 1. The first-order valence-corrected chi connectivity index (χ1v) is 5.98. The van der Waals surface area contributed by atoms with E-state index in [-0.39, 0.29) is 0 Å². The number of amides is 1. The maximum absolute atomic E-state index is 11.0. The molecule has 1 amide bonds. The van der Waals surface area contributed by atoms with Crippen LogP contribution in [0.5, 0.6) is 0 Å². The minimum atomic E-state index is -1.94. The summed E-state index contributed by atoms with van der Waals surface area (Å²) in [6.45, 7) is 0.134. The first-order chi connectivity index (χ1) is 9.61. The molecule has 0 rings (SSSR count). The van der Waals surface area contributed by atoms with E-state index in [0.717, 1.165) is 6.92 Å². The average molecular weight is 310 g/mol. The van der Waals surface area contributed by atoms with Crippen molar-refractivity contribution in [3.8, 4) is 0 Å². The van der Waals surface area contributed by atoms with Gasteiger partial charge in [-0.2, -0.15) is 0 Å². The van der Waals surface area contributed by atoms with Gasteiger partial charge in [0.25, 0.3) is 0 Å². The molecule has 7 N–H and O–H groups in total. The molecule has 0 saturated carbocycles. The van der Waals surface area contributed by atoms with Crippen LogP contribution in [-0.4, -0.2) is 85.4 Å². The second kappa shape index (κ2) is 8.64. The van der Waals surface area contributed by atoms with E-state index in [4.69, 9.17) is 10.2 Å². The van der Waals surface area contributed by atoms with Crippen LogP contribution in [0.4, 0.5) is 0 Å². The summed E-state index contributed by atoms with van der Waals surface area (Å²) in [5.74, 6) is -3.89. The molecule has 5 atom stereocenters. The van der Waals surface area contributed by atoms with Gasteiger partial charge in [-0.1, -0.05) is 0 Å². The van der Waals surface area contributed by atoms with Crippen molar-refractivity contribution in [1.82, 2.24) is 5.32 Å². The number of ketones is 1. The molecule has 10 nitrogen and oxygen atoms in total. The molecule has 0 spiro atoms. The molecule has 0 aromatic heterocycles. The van der Waals surface area contributed by atoms with Crippen LogP contribution in [0.3, 0.4) is 0 Å². The summed E-state index contributed by atoms with van der Waals surface area (Å²) >= 11 is 0. The first kappa shape index (κ1) is 19.4. The van der Waals surface area contributed by atoms with Crippen LogP contribution in [0.25, 0.3) is 0 Å². The number of hydrogen-bond donors (Lipinski definition) is 7. The van der Waals surface area contributed by atoms with Crippen LogP contribution in [-0.2, 0) is 14.4 Å². The van der Waals surface area contributed by atoms with Gasteiger partial charge in [0, 0.05) is 13.3 Å². The largest absolute Gasteiger partial charge is 0.475 e. The number of aliphatic hydroxyl groups excluding tert-OH is 5. The highest BCUT2D eigenvalue weighted by atomic mass is 16.4. The van der Waals surface area contributed by atoms with Crippen molar-refractivity contribution in [3.05, 3.63) is 0 Å². The monoisotopic (exact) mass is 310 g/mol. The highest BCUT2D eigenvalue weighted by molar-refractivity contribution is 6.32. The number of rotatable bonds is 9. The molecule has 0 saturated heterocycles. The molecule has 0 aliphatic carbocycles. The Balaban J connectivity index is 5.04. The lowest BCUT2D eigenvalue weighted by Crippen LogP contribution is -2.57. The van der Waals surface area contributed by atoms with Gasteiger partial charge in [-0.15, -0.1) is 0 Å². The van der Waals surface area contributed by atoms with E-state index >= 15 is 0 Å². The third kappa shape index (κ3) is 6.14. The lowest BCUT2D eigenvalue weighted by molar-refractivity contribution is -0.151. The van der Waals surface area contributed by atoms with E-state index < -0.39 is 61.1 Å². The van der Waals surface area contributed by atoms with Crippen molar-refractivity contribution < 1.29 is 45.0 Å². The Hall–Kier alpha value is -1.59. The zero-order chi connectivity index (χ0) is 16.7. The molecule has 0 unspecified atom stereocenters. The van der Waals surface area contributed by atoms with Crippen molar-refractivity contribution in [1.29, 1.82) is 0 Å². The van der Waals surface area contributed by atoms with Crippen molar-refractivity contribution >= 4 is 17.7 Å². The van der Waals surface area contributed by atoms with Crippen LogP contribution in [0.1, 0.15) is 13.3 Å². The topological polar surface area (TPSA) is 185 Å². The summed E-state index contributed by atoms with van der Waals surface area (Å²) < 4.78 is 0. The minimum Gasteiger partial charge on any atom is -0.475 e. The zero-order valence-electron chi connectivity index (χ0n) is 11.2. The van der Waals surface area contributed by atoms with Crippen LogP contribution >= 0.6 is 0 Å². The number of carbonyl (C=O) groups excluding carboxylic acids is 2. The smallest absolute Gasteiger partial charge is 0.372 e. The predicted molar refractivity (Wildman–Crippen MR) is 66.0 cm³/mol. The van der Waals surface area contributed by atoms with Crippen molar-refractivity contribution in [3.63, 3.8) is 0 Å². The van der Waals surface area contributed by atoms with Gasteiger partial charge in [-0.3, -0.25) is 9.59 Å². The molecule has 0 aliphatic rings. The number of carboxylic acid groups (broad SMARTS) is 1. The third-order valence-corrected chi connectivity index (χ3v) is 2.72. The lowest BCUT2D eigenvalue weighted by atomic mass is 9.94. The fourth-order valence-electron chi connectivity index (χ4n) is 1.60. The molecule has 0 bridgehead atoms. The molecule has 0 aromatic carbocycles. The van der Waals surface area contributed by atoms with E-state index in [1.54, 1.807) is 0 Å². The third-order valence-electron chi connectivity index (χ3n) is 2.72. The first-order valence-electron chi connectivity index (χ1n) is 5.98. The van der Waals surface area contributed by atoms with Crippen molar-refractivity contribution in [2.24, 2.45) is 0 Å². The number of aliphatic carboxylic acids is 1. The van der Waals surface area contributed by atoms with Gasteiger partial charge in [0.05, 0.1) is 18.8 Å². The molecule has 0 heterocycles. The molecular formula is C11H19NO9. The summed E-state index contributed by atoms with van der Waals surface area (Å²) in [4.78, 5) is 32.4. The summed E-state index contributed by atoms with van der Waals surface area (Å²) in [5, 5.41) is 57.4. The second-order valence-electron chi connectivity index (χ2n) is 4.46. The van der Waals surface area contributed by atoms with Crippen molar-refractivity contribution in [2.75, 3.05) is 6.61 Å². The summed E-state index contributed by atoms with van der Waals surface area (Å²) in [5.41, 5.74) is 0. The van der Waals surface area contributed by atoms with Crippen LogP contribution in [0, 0.1) is 0 Å². The van der Waals surface area contributed by atoms with Gasteiger partial charge >= 0.3 is 5.97 Å². The standard InChI is InChI=1S/C11H19NO9/c1-4(14)12-8(5(15)2-6(16)11(20)21)10(19)9(18)7(17)3-13/h5,7-10,13,15,17-19H,2-3H2,1H3,(H,12,14)(H,20,21)/t5-,7+,8+,9+,10+/m0/s1/i4+1. The number of Topliss-reactive ketones (excluding diaryl/α,β-unsaturated/α-hetero) is 1. The van der Waals surface area contributed by atoms with E-state index in [1.807, 2.05) is 5.32 Å². The molecular weight excluding hydrogens is 291 g/mol. The van der Waals surface area contributed by atoms with Gasteiger partial charge in [0.1, 0.15) is 18.3 Å². The van der Waals surface area contributed by atoms with Gasteiger partial charge in [-0.25, -0.2) is 4.79 Å². The molecule has 0 radical (unpaired) electrons. The van der Waals surface area contributed by atoms with Crippen molar-refractivity contribution in [2.45, 2.75) is 43.8 Å². The van der Waals surface area contributed by atoms with Crippen LogP contribution in [0.15, 0.2) is 0 Å². The highest BCUT2D eigenvalue weighted by Gasteiger charge is 2.37. The van der Waals surface area contributed by atoms with E-state index in [9.17, 15) is 34.8 Å². The lowest BCUT2D eigenvalue weighted by Gasteiger charge is -2.32. The van der Waals surface area contributed by atoms with E-state index in [0.29, 0.717) is 0 Å². The quantitative estimate of drug-likeness (QED) is 0.164. The fourth-order valence-corrected chi connectivity index (χ4v) is 1.60. The maximum Gasteiger partial charge on any atom is 0.372 e. The Labute approximate surface area is 119 Å². The Morgan fingerprint density at radius 1 is 1.00 bits per heavy atom. The SMILES string of the molecule is C[13C](=O)N[C@@H]([C@@H](O)[C@H](O)[C@H](O)CO)[C@@H](O)CC(=O)C(=O)O. The van der Waals surface area contributed by atoms with Crippen LogP contribution in [0.2, 0.25) is 0 Å². The fraction of sp³-hybridized carbons (Fsp3) is 0.727. The predicted octanol–water partition coefficient (Wildman–Crippen LogP) is -4.03. The van der Waals surface area contributed by atoms with Gasteiger partial charge < -0.3 is 36.0 Å². The Kier molecular flexibility index (Phi) is 7.99. The highest BCUT2D eigenvalue weighted by Crippen LogP contribution is 2.11. The normalized spacial score (nSPS) is 18.2. The maximum atomic E-state index is 11.0. The summed E-state index contributed by atoms with van der Waals surface area (Å²) in [6.07, 6.45) is -8.35. The summed E-state index contributed by atoms with van der Waals surface area (Å²) in [6, 6.07) is -1.61. The van der Waals surface area contributed by atoms with Gasteiger partial charge in [0.2, 0.25) is 11.7 Å². The van der Waals surface area contributed by atoms with E-state index in [1.165, 1.54) is 0 Å². The number of hydrogen-bond acceptors (Lipinski definition) is 8. The average Bonchev–Trinajstić information content (AvgIpc) is 2.41. The van der Waals surface area contributed by atoms with Gasteiger partial charge in [0.15, 0.2) is 0 Å². The van der Waals surface area contributed by atoms with E-state index in [2.05, 4.69) is 0 Å². The van der Waals surface area contributed by atoms with Gasteiger partial charge in [-0.05, 0) is 0 Å². The number of aliphatic hydroxyl groups is 5. The Morgan fingerprint density at radius 3 is 1.90 bits per heavy atom. The minimum absolute atomic E-state index is 0.730. The molecule has 21 heavy (non-hydrogen) atoms. The molecule has 122 valence electrons. The molecule has 0 fully saturated rings. The van der Waals surface area contributed by atoms with Crippen LogP contribution < -0.4 is 5.32 Å². The Morgan fingerprint density at radius 2 is 1.52 bits per heavy atom. The molecule has 10 heteroatoms. The second-order valence-corrected chi connectivity index (χ2v) is 4.46.